The van der Waals surface area contributed by atoms with Crippen molar-refractivity contribution < 1.29 is 13.9 Å². The average molecular weight is 343 g/mol. The lowest BCUT2D eigenvalue weighted by molar-refractivity contribution is -0.120. The maximum absolute atomic E-state index is 12.1. The molecule has 0 aliphatic carbocycles. The average Bonchev–Trinajstić information content (AvgIpc) is 3.28. The number of nitrogens with zero attached hydrogens (tertiary/aromatic N) is 2. The zero-order chi connectivity index (χ0) is 17.5. The molecule has 0 bridgehead atoms. The van der Waals surface area contributed by atoms with Gasteiger partial charge in [-0.3, -0.25) is 4.79 Å². The molecule has 1 unspecified atom stereocenters. The molecule has 25 heavy (non-hydrogen) atoms. The number of amides is 1. The Bertz CT molecular complexity index is 672. The van der Waals surface area contributed by atoms with Crippen LogP contribution in [0, 0.1) is 5.92 Å². The van der Waals surface area contributed by atoms with Gasteiger partial charge in [-0.25, -0.2) is 4.98 Å². The predicted molar refractivity (Wildman–Crippen MR) is 95.1 cm³/mol. The quantitative estimate of drug-likeness (QED) is 0.794. The fourth-order valence-corrected chi connectivity index (χ4v) is 3.09. The van der Waals surface area contributed by atoms with Crippen molar-refractivity contribution in [1.82, 2.24) is 15.2 Å². The molecule has 0 radical (unpaired) electrons. The van der Waals surface area contributed by atoms with Gasteiger partial charge < -0.3 is 19.4 Å². The molecule has 0 spiro atoms. The van der Waals surface area contributed by atoms with Gasteiger partial charge in [0.2, 0.25) is 11.8 Å². The maximum Gasteiger partial charge on any atom is 0.226 e. The number of hydrogen-bond acceptors (Lipinski definition) is 5. The van der Waals surface area contributed by atoms with Crippen LogP contribution in [0.15, 0.2) is 41.0 Å². The number of rotatable bonds is 8. The third-order valence-corrected chi connectivity index (χ3v) is 4.48. The molecule has 1 fully saturated rings. The standard InChI is InChI=1S/C19H25N3O3/c1-24-10-9-22-8-7-15(13-22)12-20-18(23)11-17-14-25-19(21-17)16-5-3-2-4-6-16/h2-6,14-15H,7-13H2,1H3,(H,20,23). The number of carbonyl (C=O) groups is 1. The lowest BCUT2D eigenvalue weighted by Crippen LogP contribution is -2.32. The summed E-state index contributed by atoms with van der Waals surface area (Å²) in [7, 11) is 1.72. The summed E-state index contributed by atoms with van der Waals surface area (Å²) in [6.07, 6.45) is 2.92. The number of oxazole rings is 1. The van der Waals surface area contributed by atoms with Crippen LogP contribution in [0.4, 0.5) is 0 Å². The van der Waals surface area contributed by atoms with Crippen molar-refractivity contribution in [3.8, 4) is 11.5 Å². The summed E-state index contributed by atoms with van der Waals surface area (Å²) in [5.41, 5.74) is 1.57. The molecule has 6 heteroatoms. The molecule has 1 atom stereocenters. The summed E-state index contributed by atoms with van der Waals surface area (Å²) in [6, 6.07) is 9.68. The number of nitrogens with one attached hydrogen (secondary N) is 1. The predicted octanol–water partition coefficient (Wildman–Crippen LogP) is 1.97. The van der Waals surface area contributed by atoms with Gasteiger partial charge in [-0.05, 0) is 31.0 Å². The maximum atomic E-state index is 12.1. The first kappa shape index (κ1) is 17.6. The lowest BCUT2D eigenvalue weighted by Gasteiger charge is -2.15. The van der Waals surface area contributed by atoms with Crippen LogP contribution in [0.2, 0.25) is 0 Å². The summed E-state index contributed by atoms with van der Waals surface area (Å²) in [5.74, 6) is 1.05. The van der Waals surface area contributed by atoms with Gasteiger partial charge in [0.15, 0.2) is 0 Å². The normalized spacial score (nSPS) is 17.7. The number of benzene rings is 1. The van der Waals surface area contributed by atoms with Crippen molar-refractivity contribution in [1.29, 1.82) is 0 Å². The van der Waals surface area contributed by atoms with Gasteiger partial charge in [-0.1, -0.05) is 18.2 Å². The third kappa shape index (κ3) is 5.14. The van der Waals surface area contributed by atoms with E-state index in [0.717, 1.165) is 38.2 Å². The van der Waals surface area contributed by atoms with E-state index < -0.39 is 0 Å². The number of ether oxygens (including phenoxy) is 1. The van der Waals surface area contributed by atoms with Crippen molar-refractivity contribution in [3.05, 3.63) is 42.3 Å². The van der Waals surface area contributed by atoms with Crippen molar-refractivity contribution in [3.63, 3.8) is 0 Å². The number of likely N-dealkylation sites (tertiary alicyclic amines) is 1. The van der Waals surface area contributed by atoms with Gasteiger partial charge in [0.05, 0.1) is 18.7 Å². The van der Waals surface area contributed by atoms with E-state index in [9.17, 15) is 4.79 Å². The Morgan fingerprint density at radius 3 is 3.04 bits per heavy atom. The van der Waals surface area contributed by atoms with Gasteiger partial charge in [-0.15, -0.1) is 0 Å². The summed E-state index contributed by atoms with van der Waals surface area (Å²) < 4.78 is 10.6. The largest absolute Gasteiger partial charge is 0.444 e. The van der Waals surface area contributed by atoms with E-state index in [1.807, 2.05) is 30.3 Å². The van der Waals surface area contributed by atoms with Crippen LogP contribution in [0.1, 0.15) is 12.1 Å². The number of aromatic nitrogens is 1. The smallest absolute Gasteiger partial charge is 0.226 e. The molecule has 1 aromatic heterocycles. The van der Waals surface area contributed by atoms with Crippen molar-refractivity contribution >= 4 is 5.91 Å². The summed E-state index contributed by atoms with van der Waals surface area (Å²) in [6.45, 7) is 4.53. The van der Waals surface area contributed by atoms with Crippen LogP contribution in [-0.2, 0) is 16.0 Å². The summed E-state index contributed by atoms with van der Waals surface area (Å²) >= 11 is 0. The van der Waals surface area contributed by atoms with Gasteiger partial charge in [0, 0.05) is 32.3 Å². The van der Waals surface area contributed by atoms with E-state index in [1.54, 1.807) is 13.4 Å². The third-order valence-electron chi connectivity index (χ3n) is 4.48. The highest BCUT2D eigenvalue weighted by Gasteiger charge is 2.22. The molecule has 2 aromatic rings. The zero-order valence-electron chi connectivity index (χ0n) is 14.6. The van der Waals surface area contributed by atoms with Crippen LogP contribution in [-0.4, -0.2) is 55.7 Å². The summed E-state index contributed by atoms with van der Waals surface area (Å²) in [5, 5.41) is 3.02. The van der Waals surface area contributed by atoms with Crippen molar-refractivity contribution in [2.24, 2.45) is 5.92 Å². The highest BCUT2D eigenvalue weighted by atomic mass is 16.5. The molecular formula is C19H25N3O3. The Kier molecular flexibility index (Phi) is 6.19. The Balaban J connectivity index is 1.42. The van der Waals surface area contributed by atoms with Crippen molar-refractivity contribution in [2.45, 2.75) is 12.8 Å². The van der Waals surface area contributed by atoms with Gasteiger partial charge in [0.1, 0.15) is 6.26 Å². The van der Waals surface area contributed by atoms with Gasteiger partial charge in [-0.2, -0.15) is 0 Å². The van der Waals surface area contributed by atoms with Crippen LogP contribution in [0.3, 0.4) is 0 Å². The van der Waals surface area contributed by atoms with Gasteiger partial charge >= 0.3 is 0 Å². The molecule has 1 aromatic carbocycles. The second-order valence-electron chi connectivity index (χ2n) is 6.44. The van der Waals surface area contributed by atoms with E-state index in [0.29, 0.717) is 24.0 Å². The Hall–Kier alpha value is -2.18. The van der Waals surface area contributed by atoms with Crippen LogP contribution < -0.4 is 5.32 Å². The second-order valence-corrected chi connectivity index (χ2v) is 6.44. The topological polar surface area (TPSA) is 67.6 Å². The molecule has 1 aliphatic rings. The minimum atomic E-state index is -0.0109. The molecule has 3 rings (SSSR count). The first-order valence-corrected chi connectivity index (χ1v) is 8.72. The fraction of sp³-hybridized carbons (Fsp3) is 0.474. The molecular weight excluding hydrogens is 318 g/mol. The first-order valence-electron chi connectivity index (χ1n) is 8.72. The van der Waals surface area contributed by atoms with E-state index in [-0.39, 0.29) is 12.3 Å². The van der Waals surface area contributed by atoms with E-state index in [4.69, 9.17) is 9.15 Å². The van der Waals surface area contributed by atoms with E-state index in [1.165, 1.54) is 0 Å². The highest BCUT2D eigenvalue weighted by Crippen LogP contribution is 2.18. The van der Waals surface area contributed by atoms with E-state index in [2.05, 4.69) is 15.2 Å². The molecule has 1 aliphatic heterocycles. The van der Waals surface area contributed by atoms with Crippen LogP contribution in [0.5, 0.6) is 0 Å². The van der Waals surface area contributed by atoms with Crippen LogP contribution in [0.25, 0.3) is 11.5 Å². The molecule has 1 N–H and O–H groups in total. The second kappa shape index (κ2) is 8.78. The fourth-order valence-electron chi connectivity index (χ4n) is 3.09. The Morgan fingerprint density at radius 1 is 1.40 bits per heavy atom. The van der Waals surface area contributed by atoms with Gasteiger partial charge in [0.25, 0.3) is 0 Å². The molecule has 134 valence electrons. The number of carbonyl (C=O) groups excluding carboxylic acids is 1. The zero-order valence-corrected chi connectivity index (χ0v) is 14.6. The first-order chi connectivity index (χ1) is 12.2. The highest BCUT2D eigenvalue weighted by molar-refractivity contribution is 5.78. The minimum absolute atomic E-state index is 0.0109. The van der Waals surface area contributed by atoms with E-state index >= 15 is 0 Å². The van der Waals surface area contributed by atoms with Crippen LogP contribution >= 0.6 is 0 Å². The molecule has 6 nitrogen and oxygen atoms in total. The molecule has 1 saturated heterocycles. The van der Waals surface area contributed by atoms with Crippen molar-refractivity contribution in [2.75, 3.05) is 39.9 Å². The molecule has 2 heterocycles. The lowest BCUT2D eigenvalue weighted by atomic mass is 10.1. The molecule has 1 amide bonds. The minimum Gasteiger partial charge on any atom is -0.444 e. The SMILES string of the molecule is COCCN1CCC(CNC(=O)Cc2coc(-c3ccccc3)n2)C1. The number of methoxy groups -OCH3 is 1. The Labute approximate surface area is 148 Å². The summed E-state index contributed by atoms with van der Waals surface area (Å²) in [4.78, 5) is 18.9. The Morgan fingerprint density at radius 2 is 2.24 bits per heavy atom. The monoisotopic (exact) mass is 343 g/mol. The number of hydrogen-bond donors (Lipinski definition) is 1. The molecule has 0 saturated carbocycles.